The Morgan fingerprint density at radius 2 is 2.00 bits per heavy atom. The topological polar surface area (TPSA) is 37.5 Å². The van der Waals surface area contributed by atoms with E-state index < -0.39 is 0 Å². The number of thiazole rings is 1. The number of allylic oxidation sites excluding steroid dienone is 1. The van der Waals surface area contributed by atoms with E-state index in [0.29, 0.717) is 13.9 Å². The van der Waals surface area contributed by atoms with Crippen molar-refractivity contribution in [3.8, 4) is 11.6 Å². The highest BCUT2D eigenvalue weighted by Crippen LogP contribution is 2.37. The summed E-state index contributed by atoms with van der Waals surface area (Å²) < 4.78 is 2.18. The van der Waals surface area contributed by atoms with Crippen LogP contribution in [0.15, 0.2) is 53.5 Å². The van der Waals surface area contributed by atoms with E-state index in [0.717, 1.165) is 22.5 Å². The zero-order valence-electron chi connectivity index (χ0n) is 12.3. The molecule has 0 saturated heterocycles. The molecule has 0 unspecified atom stereocenters. The van der Waals surface area contributed by atoms with Crippen molar-refractivity contribution < 1.29 is 5.11 Å². The van der Waals surface area contributed by atoms with Crippen molar-refractivity contribution in [1.82, 2.24) is 4.57 Å². The Kier molecular flexibility index (Phi) is 3.84. The number of fused-ring (bicyclic) bond motifs is 1. The second-order valence-corrected chi connectivity index (χ2v) is 7.36. The number of para-hydroxylation sites is 1. The molecule has 0 saturated carbocycles. The van der Waals surface area contributed by atoms with Crippen LogP contribution in [0.3, 0.4) is 0 Å². The van der Waals surface area contributed by atoms with Crippen molar-refractivity contribution in [1.29, 1.82) is 0 Å². The van der Waals surface area contributed by atoms with Crippen molar-refractivity contribution in [2.24, 2.45) is 4.99 Å². The summed E-state index contributed by atoms with van der Waals surface area (Å²) in [6.45, 7) is 0. The molecule has 3 aromatic rings. The predicted octanol–water partition coefficient (Wildman–Crippen LogP) is 5.88. The summed E-state index contributed by atoms with van der Waals surface area (Å²) in [5.41, 5.74) is 3.67. The van der Waals surface area contributed by atoms with Gasteiger partial charge >= 0.3 is 0 Å². The molecule has 2 aromatic carbocycles. The fourth-order valence-corrected chi connectivity index (χ4v) is 4.10. The van der Waals surface area contributed by atoms with Gasteiger partial charge in [0.05, 0.1) is 16.3 Å². The summed E-state index contributed by atoms with van der Waals surface area (Å²) in [5, 5.41) is 11.2. The fourth-order valence-electron chi connectivity index (χ4n) is 2.61. The van der Waals surface area contributed by atoms with Crippen LogP contribution in [-0.4, -0.2) is 15.9 Å². The Labute approximate surface area is 152 Å². The van der Waals surface area contributed by atoms with Crippen molar-refractivity contribution in [2.45, 2.75) is 0 Å². The highest BCUT2D eigenvalue weighted by molar-refractivity contribution is 7.73. The molecule has 2 heterocycles. The van der Waals surface area contributed by atoms with Crippen LogP contribution in [0.1, 0.15) is 10.4 Å². The molecule has 4 rings (SSSR count). The number of aromatic nitrogens is 1. The Morgan fingerprint density at radius 3 is 2.83 bits per heavy atom. The number of nitrogens with zero attached hydrogens (tertiary/aromatic N) is 2. The summed E-state index contributed by atoms with van der Waals surface area (Å²) in [6, 6.07) is 15.1. The first-order valence-corrected chi connectivity index (χ1v) is 8.80. The lowest BCUT2D eigenvalue weighted by Crippen LogP contribution is -1.92. The first kappa shape index (κ1) is 15.3. The third-order valence-electron chi connectivity index (χ3n) is 3.72. The number of rotatable bonds is 2. The Balaban J connectivity index is 1.83. The molecule has 1 aliphatic rings. The summed E-state index contributed by atoms with van der Waals surface area (Å²) >= 11 is 12.8. The first-order chi connectivity index (χ1) is 11.6. The maximum atomic E-state index is 10.6. The van der Waals surface area contributed by atoms with Gasteiger partial charge in [0.25, 0.3) is 0 Å². The van der Waals surface area contributed by atoms with Gasteiger partial charge in [0.2, 0.25) is 5.88 Å². The largest absolute Gasteiger partial charge is 0.493 e. The Hall–Kier alpha value is -2.21. The van der Waals surface area contributed by atoms with E-state index in [-0.39, 0.29) is 5.88 Å². The van der Waals surface area contributed by atoms with Gasteiger partial charge in [-0.2, -0.15) is 0 Å². The van der Waals surface area contributed by atoms with Gasteiger partial charge < -0.3 is 5.11 Å². The van der Waals surface area contributed by atoms with Crippen LogP contribution in [0.2, 0.25) is 5.02 Å². The maximum Gasteiger partial charge on any atom is 0.215 e. The molecule has 0 radical (unpaired) electrons. The number of hydrogen-bond acceptors (Lipinski definition) is 4. The number of aromatic hydroxyl groups is 1. The molecule has 1 aromatic heterocycles. The van der Waals surface area contributed by atoms with Gasteiger partial charge in [0.1, 0.15) is 0 Å². The second kappa shape index (κ2) is 6.02. The molecule has 0 spiro atoms. The van der Waals surface area contributed by atoms with E-state index in [1.54, 1.807) is 22.9 Å². The van der Waals surface area contributed by atoms with Crippen LogP contribution in [0.5, 0.6) is 5.88 Å². The number of halogens is 1. The molecule has 0 amide bonds. The van der Waals surface area contributed by atoms with Gasteiger partial charge in [0.15, 0.2) is 3.95 Å². The molecule has 6 heteroatoms. The molecule has 3 nitrogen and oxygen atoms in total. The molecular formula is C18H11ClN2OS2. The minimum atomic E-state index is 0.109. The van der Waals surface area contributed by atoms with E-state index >= 15 is 0 Å². The van der Waals surface area contributed by atoms with Crippen molar-refractivity contribution >= 4 is 58.7 Å². The monoisotopic (exact) mass is 370 g/mol. The SMILES string of the molecule is Oc1c(/C=C2/C=Nc3ccccc32)sc(=S)n1-c1cccc(Cl)c1. The minimum absolute atomic E-state index is 0.109. The van der Waals surface area contributed by atoms with Crippen LogP contribution in [0, 0.1) is 3.95 Å². The van der Waals surface area contributed by atoms with E-state index in [2.05, 4.69) is 4.99 Å². The molecule has 0 aliphatic carbocycles. The van der Waals surface area contributed by atoms with Gasteiger partial charge in [-0.3, -0.25) is 9.56 Å². The highest BCUT2D eigenvalue weighted by Gasteiger charge is 2.16. The smallest absolute Gasteiger partial charge is 0.215 e. The quantitative estimate of drug-likeness (QED) is 0.571. The van der Waals surface area contributed by atoms with Gasteiger partial charge in [-0.15, -0.1) is 11.3 Å². The van der Waals surface area contributed by atoms with Crippen LogP contribution in [-0.2, 0) is 0 Å². The lowest BCUT2D eigenvalue weighted by molar-refractivity contribution is 0.441. The summed E-state index contributed by atoms with van der Waals surface area (Å²) in [5.74, 6) is 0.109. The second-order valence-electron chi connectivity index (χ2n) is 5.25. The molecule has 118 valence electrons. The normalized spacial score (nSPS) is 14.3. The Morgan fingerprint density at radius 1 is 1.17 bits per heavy atom. The van der Waals surface area contributed by atoms with Crippen LogP contribution >= 0.6 is 35.2 Å². The Bertz CT molecular complexity index is 1060. The fraction of sp³-hybridized carbons (Fsp3) is 0. The molecule has 0 atom stereocenters. The van der Waals surface area contributed by atoms with E-state index in [1.165, 1.54) is 11.3 Å². The average Bonchev–Trinajstić information content (AvgIpc) is 3.09. The molecular weight excluding hydrogens is 360 g/mol. The van der Waals surface area contributed by atoms with Gasteiger partial charge in [-0.25, -0.2) is 0 Å². The third-order valence-corrected chi connectivity index (χ3v) is 5.27. The third kappa shape index (κ3) is 2.60. The first-order valence-electron chi connectivity index (χ1n) is 7.19. The standard InChI is InChI=1S/C18H11ClN2OS2/c19-12-4-3-5-13(9-12)21-17(22)16(24-18(21)23)8-11-10-20-15-7-2-1-6-14(11)15/h1-10,22H/b11-8-. The van der Waals surface area contributed by atoms with Gasteiger partial charge in [-0.1, -0.05) is 35.9 Å². The van der Waals surface area contributed by atoms with Crippen molar-refractivity contribution in [2.75, 3.05) is 0 Å². The number of aliphatic imine (C=N–C) groups is 1. The van der Waals surface area contributed by atoms with E-state index in [4.69, 9.17) is 23.8 Å². The molecule has 1 N–H and O–H groups in total. The van der Waals surface area contributed by atoms with Gasteiger partial charge in [-0.05, 0) is 42.6 Å². The highest BCUT2D eigenvalue weighted by atomic mass is 35.5. The van der Waals surface area contributed by atoms with Crippen LogP contribution < -0.4 is 0 Å². The van der Waals surface area contributed by atoms with E-state index in [1.807, 2.05) is 42.5 Å². The maximum absolute atomic E-state index is 10.6. The lowest BCUT2D eigenvalue weighted by Gasteiger charge is -2.05. The van der Waals surface area contributed by atoms with E-state index in [9.17, 15) is 5.11 Å². The minimum Gasteiger partial charge on any atom is -0.493 e. The molecule has 1 aliphatic heterocycles. The molecule has 24 heavy (non-hydrogen) atoms. The predicted molar refractivity (Wildman–Crippen MR) is 104 cm³/mol. The van der Waals surface area contributed by atoms with Gasteiger partial charge in [0, 0.05) is 22.4 Å². The molecule has 0 fully saturated rings. The zero-order valence-corrected chi connectivity index (χ0v) is 14.7. The van der Waals surface area contributed by atoms with Crippen LogP contribution in [0.25, 0.3) is 17.3 Å². The number of hydrogen-bond donors (Lipinski definition) is 1. The average molecular weight is 371 g/mol. The van der Waals surface area contributed by atoms with Crippen molar-refractivity contribution in [3.63, 3.8) is 0 Å². The summed E-state index contributed by atoms with van der Waals surface area (Å²) in [6.07, 6.45) is 3.71. The number of benzene rings is 2. The van der Waals surface area contributed by atoms with Crippen LogP contribution in [0.4, 0.5) is 5.69 Å². The zero-order chi connectivity index (χ0) is 16.7. The summed E-state index contributed by atoms with van der Waals surface area (Å²) in [4.78, 5) is 5.08. The molecule has 0 bridgehead atoms. The lowest BCUT2D eigenvalue weighted by atomic mass is 10.1. The van der Waals surface area contributed by atoms with Crippen molar-refractivity contribution in [3.05, 3.63) is 67.9 Å². The summed E-state index contributed by atoms with van der Waals surface area (Å²) in [7, 11) is 0.